The smallest absolute Gasteiger partial charge is 0.148 e. The fourth-order valence-corrected chi connectivity index (χ4v) is 1.54. The first-order chi connectivity index (χ1) is 5.53. The summed E-state index contributed by atoms with van der Waals surface area (Å²) >= 11 is 0. The lowest BCUT2D eigenvalue weighted by molar-refractivity contribution is -0.117. The molecule has 0 spiro atoms. The Morgan fingerprint density at radius 1 is 1.50 bits per heavy atom. The Morgan fingerprint density at radius 2 is 2.17 bits per heavy atom. The lowest BCUT2D eigenvalue weighted by atomic mass is 9.90. The highest BCUT2D eigenvalue weighted by molar-refractivity contribution is 5.82. The highest BCUT2D eigenvalue weighted by Gasteiger charge is 2.25. The number of carbonyl (C=O) groups is 1. The van der Waals surface area contributed by atoms with Crippen LogP contribution < -0.4 is 0 Å². The van der Waals surface area contributed by atoms with E-state index in [2.05, 4.69) is 25.7 Å². The van der Waals surface area contributed by atoms with E-state index in [1.807, 2.05) is 0 Å². The molecule has 0 aromatic rings. The van der Waals surface area contributed by atoms with Crippen LogP contribution in [0.4, 0.5) is 0 Å². The maximum absolute atomic E-state index is 11.0. The van der Waals surface area contributed by atoms with Crippen molar-refractivity contribution in [2.24, 2.45) is 5.41 Å². The van der Waals surface area contributed by atoms with Gasteiger partial charge in [-0.15, -0.1) is 0 Å². The van der Waals surface area contributed by atoms with Crippen molar-refractivity contribution in [3.8, 4) is 0 Å². The third-order valence-electron chi connectivity index (χ3n) is 2.72. The molecule has 1 fully saturated rings. The zero-order valence-corrected chi connectivity index (χ0v) is 8.39. The molecule has 0 saturated carbocycles. The number of nitrogens with zero attached hydrogens (tertiary/aromatic N) is 1. The number of carbonyl (C=O) groups excluding carboxylic acids is 1. The van der Waals surface area contributed by atoms with Crippen molar-refractivity contribution in [1.82, 2.24) is 4.90 Å². The quantitative estimate of drug-likeness (QED) is 0.641. The number of hydrogen-bond donors (Lipinski definition) is 0. The molecule has 0 unspecified atom stereocenters. The Kier molecular flexibility index (Phi) is 2.89. The van der Waals surface area contributed by atoms with Crippen molar-refractivity contribution < 1.29 is 4.79 Å². The number of rotatable bonds is 3. The van der Waals surface area contributed by atoms with Crippen molar-refractivity contribution in [3.63, 3.8) is 0 Å². The third kappa shape index (κ3) is 2.59. The molecule has 12 heavy (non-hydrogen) atoms. The Hall–Kier alpha value is -0.370. The van der Waals surface area contributed by atoms with Gasteiger partial charge >= 0.3 is 0 Å². The summed E-state index contributed by atoms with van der Waals surface area (Å²) in [6.07, 6.45) is 1.94. The summed E-state index contributed by atoms with van der Waals surface area (Å²) in [6, 6.07) is 0. The second-order valence-corrected chi connectivity index (χ2v) is 4.52. The number of hydrogen-bond acceptors (Lipinski definition) is 2. The van der Waals surface area contributed by atoms with Gasteiger partial charge in [-0.2, -0.15) is 0 Å². The van der Waals surface area contributed by atoms with E-state index in [0.29, 0.717) is 17.7 Å². The lowest BCUT2D eigenvalue weighted by Crippen LogP contribution is -2.32. The van der Waals surface area contributed by atoms with E-state index >= 15 is 0 Å². The van der Waals surface area contributed by atoms with Gasteiger partial charge < -0.3 is 0 Å². The van der Waals surface area contributed by atoms with Crippen LogP contribution in [0.1, 0.15) is 33.6 Å². The Labute approximate surface area is 74.9 Å². The predicted octanol–water partition coefficient (Wildman–Crippen LogP) is 1.70. The SMILES string of the molecule is CCC(C)(C)CN1CCC(=O)C1. The molecule has 0 atom stereocenters. The van der Waals surface area contributed by atoms with E-state index in [0.717, 1.165) is 19.5 Å². The molecule has 0 aromatic carbocycles. The molecular weight excluding hydrogens is 150 g/mol. The molecule has 0 amide bonds. The van der Waals surface area contributed by atoms with Crippen LogP contribution in [-0.2, 0) is 4.79 Å². The van der Waals surface area contributed by atoms with Gasteiger partial charge in [-0.05, 0) is 11.8 Å². The van der Waals surface area contributed by atoms with E-state index < -0.39 is 0 Å². The zero-order valence-electron chi connectivity index (χ0n) is 8.39. The molecule has 1 heterocycles. The molecule has 1 aliphatic heterocycles. The molecule has 1 aliphatic rings. The van der Waals surface area contributed by atoms with Crippen LogP contribution in [0.3, 0.4) is 0 Å². The first-order valence-corrected chi connectivity index (χ1v) is 4.77. The predicted molar refractivity (Wildman–Crippen MR) is 50.1 cm³/mol. The molecule has 1 rings (SSSR count). The molecule has 0 aliphatic carbocycles. The van der Waals surface area contributed by atoms with E-state index in [1.165, 1.54) is 6.42 Å². The summed E-state index contributed by atoms with van der Waals surface area (Å²) < 4.78 is 0. The fraction of sp³-hybridized carbons (Fsp3) is 0.900. The van der Waals surface area contributed by atoms with Gasteiger partial charge in [-0.1, -0.05) is 20.8 Å². The minimum atomic E-state index is 0.366. The number of likely N-dealkylation sites (tertiary alicyclic amines) is 1. The summed E-state index contributed by atoms with van der Waals surface area (Å²) in [5.74, 6) is 0.405. The van der Waals surface area contributed by atoms with Crippen molar-refractivity contribution in [1.29, 1.82) is 0 Å². The summed E-state index contributed by atoms with van der Waals surface area (Å²) in [5.41, 5.74) is 0.366. The summed E-state index contributed by atoms with van der Waals surface area (Å²) in [6.45, 7) is 9.45. The van der Waals surface area contributed by atoms with Gasteiger partial charge in [0.25, 0.3) is 0 Å². The van der Waals surface area contributed by atoms with Crippen LogP contribution in [0.25, 0.3) is 0 Å². The third-order valence-corrected chi connectivity index (χ3v) is 2.72. The van der Waals surface area contributed by atoms with Crippen LogP contribution in [-0.4, -0.2) is 30.3 Å². The number of ketones is 1. The van der Waals surface area contributed by atoms with E-state index in [1.54, 1.807) is 0 Å². The minimum Gasteiger partial charge on any atom is -0.298 e. The topological polar surface area (TPSA) is 20.3 Å². The van der Waals surface area contributed by atoms with Gasteiger partial charge in [-0.3, -0.25) is 9.69 Å². The molecule has 0 aromatic heterocycles. The number of Topliss-reactive ketones (excluding diaryl/α,β-unsaturated/α-hetero) is 1. The van der Waals surface area contributed by atoms with E-state index in [4.69, 9.17) is 0 Å². The lowest BCUT2D eigenvalue weighted by Gasteiger charge is -2.28. The van der Waals surface area contributed by atoms with E-state index in [9.17, 15) is 4.79 Å². The summed E-state index contributed by atoms with van der Waals surface area (Å²) in [4.78, 5) is 13.3. The monoisotopic (exact) mass is 169 g/mol. The maximum Gasteiger partial charge on any atom is 0.148 e. The first kappa shape index (κ1) is 9.72. The van der Waals surface area contributed by atoms with Gasteiger partial charge in [0.1, 0.15) is 5.78 Å². The van der Waals surface area contributed by atoms with Gasteiger partial charge in [0.2, 0.25) is 0 Å². The van der Waals surface area contributed by atoms with Crippen LogP contribution in [0, 0.1) is 5.41 Å². The average molecular weight is 169 g/mol. The van der Waals surface area contributed by atoms with E-state index in [-0.39, 0.29) is 0 Å². The second-order valence-electron chi connectivity index (χ2n) is 4.52. The second kappa shape index (κ2) is 3.56. The minimum absolute atomic E-state index is 0.366. The highest BCUT2D eigenvalue weighted by atomic mass is 16.1. The van der Waals surface area contributed by atoms with Gasteiger partial charge in [0.05, 0.1) is 6.54 Å². The largest absolute Gasteiger partial charge is 0.298 e. The molecule has 0 bridgehead atoms. The summed E-state index contributed by atoms with van der Waals surface area (Å²) in [5, 5.41) is 0. The van der Waals surface area contributed by atoms with Gasteiger partial charge in [0.15, 0.2) is 0 Å². The van der Waals surface area contributed by atoms with Crippen LogP contribution in [0.15, 0.2) is 0 Å². The van der Waals surface area contributed by atoms with Crippen molar-refractivity contribution in [2.45, 2.75) is 33.6 Å². The Balaban J connectivity index is 2.36. The van der Waals surface area contributed by atoms with Crippen molar-refractivity contribution >= 4 is 5.78 Å². The molecule has 0 radical (unpaired) electrons. The molecule has 2 heteroatoms. The van der Waals surface area contributed by atoms with Crippen LogP contribution >= 0.6 is 0 Å². The van der Waals surface area contributed by atoms with Crippen LogP contribution in [0.2, 0.25) is 0 Å². The Morgan fingerprint density at radius 3 is 2.58 bits per heavy atom. The first-order valence-electron chi connectivity index (χ1n) is 4.77. The molecule has 0 N–H and O–H groups in total. The highest BCUT2D eigenvalue weighted by Crippen LogP contribution is 2.22. The standard InChI is InChI=1S/C10H19NO/c1-4-10(2,3)8-11-6-5-9(12)7-11/h4-8H2,1-3H3. The average Bonchev–Trinajstić information content (AvgIpc) is 2.35. The molecule has 2 nitrogen and oxygen atoms in total. The fourth-order valence-electron chi connectivity index (χ4n) is 1.54. The van der Waals surface area contributed by atoms with Gasteiger partial charge in [-0.25, -0.2) is 0 Å². The zero-order chi connectivity index (χ0) is 9.19. The van der Waals surface area contributed by atoms with Crippen LogP contribution in [0.5, 0.6) is 0 Å². The van der Waals surface area contributed by atoms with Gasteiger partial charge in [0, 0.05) is 19.5 Å². The maximum atomic E-state index is 11.0. The molecule has 70 valence electrons. The Bertz CT molecular complexity index is 175. The molecule has 1 saturated heterocycles. The van der Waals surface area contributed by atoms with Crippen molar-refractivity contribution in [2.75, 3.05) is 19.6 Å². The summed E-state index contributed by atoms with van der Waals surface area (Å²) in [7, 11) is 0. The van der Waals surface area contributed by atoms with Crippen molar-refractivity contribution in [3.05, 3.63) is 0 Å². The molecular formula is C10H19NO. The normalized spacial score (nSPS) is 20.4.